The van der Waals surface area contributed by atoms with E-state index in [1.165, 1.54) is 6.20 Å². The number of phenolic OH excluding ortho intramolecular Hbond substituents is 1. The first-order valence-corrected chi connectivity index (χ1v) is 6.81. The molecule has 0 saturated carbocycles. The van der Waals surface area contributed by atoms with Gasteiger partial charge in [0.1, 0.15) is 11.6 Å². The van der Waals surface area contributed by atoms with E-state index in [0.717, 1.165) is 28.7 Å². The van der Waals surface area contributed by atoms with Gasteiger partial charge in [0.05, 0.1) is 11.8 Å². The summed E-state index contributed by atoms with van der Waals surface area (Å²) >= 11 is 0. The zero-order valence-corrected chi connectivity index (χ0v) is 11.6. The van der Waals surface area contributed by atoms with E-state index in [2.05, 4.69) is 15.3 Å². The Kier molecular flexibility index (Phi) is 3.74. The fourth-order valence-corrected chi connectivity index (χ4v) is 2.32. The maximum Gasteiger partial charge on any atom is 0.252 e. The van der Waals surface area contributed by atoms with Crippen molar-refractivity contribution < 1.29 is 14.3 Å². The molecule has 5 nitrogen and oxygen atoms in total. The lowest BCUT2D eigenvalue weighted by Gasteiger charge is -2.05. The smallest absolute Gasteiger partial charge is 0.252 e. The molecule has 0 saturated heterocycles. The topological polar surface area (TPSA) is 78.0 Å². The Bertz CT molecular complexity index is 829. The van der Waals surface area contributed by atoms with Gasteiger partial charge in [0.25, 0.3) is 5.91 Å². The molecule has 0 unspecified atom stereocenters. The molecule has 1 amide bonds. The average Bonchev–Trinajstić information content (AvgIpc) is 2.89. The van der Waals surface area contributed by atoms with Crippen LogP contribution >= 0.6 is 0 Å². The third kappa shape index (κ3) is 2.90. The Balaban J connectivity index is 1.65. The highest BCUT2D eigenvalue weighted by Crippen LogP contribution is 2.23. The molecule has 0 radical (unpaired) electrons. The Morgan fingerprint density at radius 2 is 2.18 bits per heavy atom. The van der Waals surface area contributed by atoms with Crippen LogP contribution in [0, 0.1) is 5.82 Å². The van der Waals surface area contributed by atoms with Gasteiger partial charge in [0, 0.05) is 29.8 Å². The quantitative estimate of drug-likeness (QED) is 0.692. The first-order valence-electron chi connectivity index (χ1n) is 6.81. The average molecular weight is 299 g/mol. The number of carbonyl (C=O) groups excluding carboxylic acids is 1. The molecule has 22 heavy (non-hydrogen) atoms. The maximum absolute atomic E-state index is 13.0. The predicted octanol–water partition coefficient (Wildman–Crippen LogP) is 2.38. The number of aromatic amines is 1. The van der Waals surface area contributed by atoms with Crippen LogP contribution in [0.3, 0.4) is 0 Å². The molecule has 3 aromatic rings. The molecule has 112 valence electrons. The number of phenols is 1. The second-order valence-electron chi connectivity index (χ2n) is 4.94. The molecule has 1 aromatic carbocycles. The summed E-state index contributed by atoms with van der Waals surface area (Å²) in [5.41, 5.74) is 2.11. The van der Waals surface area contributed by atoms with Crippen LogP contribution in [0.25, 0.3) is 10.9 Å². The number of H-pyrrole nitrogens is 1. The lowest BCUT2D eigenvalue weighted by Crippen LogP contribution is -2.25. The van der Waals surface area contributed by atoms with Gasteiger partial charge in [0.2, 0.25) is 0 Å². The minimum Gasteiger partial charge on any atom is -0.508 e. The largest absolute Gasteiger partial charge is 0.508 e. The summed E-state index contributed by atoms with van der Waals surface area (Å²) in [4.78, 5) is 18.6. The maximum atomic E-state index is 13.0. The van der Waals surface area contributed by atoms with Crippen LogP contribution in [-0.2, 0) is 6.42 Å². The molecule has 0 atom stereocenters. The standard InChI is InChI=1S/C16H14FN3O2/c17-12-5-11(7-18-9-12)16(22)19-4-3-10-8-20-15-2-1-13(21)6-14(10)15/h1-2,5-9,20-21H,3-4H2,(H,19,22). The van der Waals surface area contributed by atoms with E-state index < -0.39 is 5.82 Å². The molecule has 0 aliphatic carbocycles. The van der Waals surface area contributed by atoms with E-state index in [1.807, 2.05) is 6.20 Å². The van der Waals surface area contributed by atoms with Crippen molar-refractivity contribution in [3.8, 4) is 5.75 Å². The molecule has 0 aliphatic rings. The van der Waals surface area contributed by atoms with E-state index in [9.17, 15) is 14.3 Å². The number of rotatable bonds is 4. The van der Waals surface area contributed by atoms with Gasteiger partial charge in [-0.1, -0.05) is 0 Å². The molecule has 2 heterocycles. The second-order valence-corrected chi connectivity index (χ2v) is 4.94. The Hall–Kier alpha value is -2.89. The molecule has 0 fully saturated rings. The molecule has 0 spiro atoms. The van der Waals surface area contributed by atoms with Crippen molar-refractivity contribution in [2.75, 3.05) is 6.54 Å². The highest BCUT2D eigenvalue weighted by Gasteiger charge is 2.08. The number of hydrogen-bond acceptors (Lipinski definition) is 3. The lowest BCUT2D eigenvalue weighted by atomic mass is 10.1. The third-order valence-electron chi connectivity index (χ3n) is 3.40. The van der Waals surface area contributed by atoms with Crippen molar-refractivity contribution in [2.45, 2.75) is 6.42 Å². The van der Waals surface area contributed by atoms with Gasteiger partial charge in [0.15, 0.2) is 0 Å². The number of hydrogen-bond donors (Lipinski definition) is 3. The van der Waals surface area contributed by atoms with E-state index in [4.69, 9.17) is 0 Å². The number of fused-ring (bicyclic) bond motifs is 1. The number of aromatic nitrogens is 2. The summed E-state index contributed by atoms with van der Waals surface area (Å²) in [6, 6.07) is 6.23. The molecular weight excluding hydrogens is 285 g/mol. The van der Waals surface area contributed by atoms with Crippen LogP contribution in [0.1, 0.15) is 15.9 Å². The van der Waals surface area contributed by atoms with Crippen LogP contribution in [-0.4, -0.2) is 27.5 Å². The molecular formula is C16H14FN3O2. The number of nitrogens with zero attached hydrogens (tertiary/aromatic N) is 1. The number of pyridine rings is 1. The normalized spacial score (nSPS) is 10.8. The van der Waals surface area contributed by atoms with Gasteiger partial charge >= 0.3 is 0 Å². The Labute approximate surface area is 125 Å². The molecule has 3 rings (SSSR count). The second kappa shape index (κ2) is 5.85. The SMILES string of the molecule is O=C(NCCc1c[nH]c2ccc(O)cc12)c1cncc(F)c1. The summed E-state index contributed by atoms with van der Waals surface area (Å²) in [5.74, 6) is -0.710. The van der Waals surface area contributed by atoms with Crippen LogP contribution in [0.15, 0.2) is 42.9 Å². The summed E-state index contributed by atoms with van der Waals surface area (Å²) < 4.78 is 13.0. The molecule has 6 heteroatoms. The Morgan fingerprint density at radius 1 is 1.32 bits per heavy atom. The number of benzene rings is 1. The third-order valence-corrected chi connectivity index (χ3v) is 3.40. The van der Waals surface area contributed by atoms with Gasteiger partial charge in [-0.05, 0) is 36.2 Å². The first kappa shape index (κ1) is 14.1. The van der Waals surface area contributed by atoms with Crippen molar-refractivity contribution in [1.29, 1.82) is 0 Å². The molecule has 2 aromatic heterocycles. The fourth-order valence-electron chi connectivity index (χ4n) is 2.32. The molecule has 0 bridgehead atoms. The van der Waals surface area contributed by atoms with Crippen molar-refractivity contribution in [3.05, 3.63) is 59.8 Å². The van der Waals surface area contributed by atoms with Gasteiger partial charge in [-0.2, -0.15) is 0 Å². The molecule has 0 aliphatic heterocycles. The van der Waals surface area contributed by atoms with Crippen molar-refractivity contribution in [3.63, 3.8) is 0 Å². The van der Waals surface area contributed by atoms with E-state index in [0.29, 0.717) is 13.0 Å². The number of aromatic hydroxyl groups is 1. The first-order chi connectivity index (χ1) is 10.6. The fraction of sp³-hybridized carbons (Fsp3) is 0.125. The number of amides is 1. The lowest BCUT2D eigenvalue weighted by molar-refractivity contribution is 0.0953. The van der Waals surface area contributed by atoms with E-state index in [-0.39, 0.29) is 17.2 Å². The highest BCUT2D eigenvalue weighted by atomic mass is 19.1. The van der Waals surface area contributed by atoms with E-state index in [1.54, 1.807) is 18.2 Å². The summed E-state index contributed by atoms with van der Waals surface area (Å²) in [6.45, 7) is 0.401. The van der Waals surface area contributed by atoms with Gasteiger partial charge in [-0.3, -0.25) is 9.78 Å². The zero-order valence-electron chi connectivity index (χ0n) is 11.6. The number of halogens is 1. The van der Waals surface area contributed by atoms with Crippen LogP contribution in [0.2, 0.25) is 0 Å². The van der Waals surface area contributed by atoms with Crippen molar-refractivity contribution in [1.82, 2.24) is 15.3 Å². The van der Waals surface area contributed by atoms with E-state index >= 15 is 0 Å². The minimum absolute atomic E-state index is 0.191. The van der Waals surface area contributed by atoms with Gasteiger partial charge in [-0.25, -0.2) is 4.39 Å². The van der Waals surface area contributed by atoms with Crippen molar-refractivity contribution in [2.24, 2.45) is 0 Å². The minimum atomic E-state index is -0.542. The summed E-state index contributed by atoms with van der Waals surface area (Å²) in [7, 11) is 0. The number of nitrogens with one attached hydrogen (secondary N) is 2. The monoisotopic (exact) mass is 299 g/mol. The Morgan fingerprint density at radius 3 is 3.00 bits per heavy atom. The van der Waals surface area contributed by atoms with Crippen LogP contribution < -0.4 is 5.32 Å². The van der Waals surface area contributed by atoms with Crippen LogP contribution in [0.4, 0.5) is 4.39 Å². The summed E-state index contributed by atoms with van der Waals surface area (Å²) in [6.07, 6.45) is 4.81. The highest BCUT2D eigenvalue weighted by molar-refractivity contribution is 5.93. The van der Waals surface area contributed by atoms with Gasteiger partial charge < -0.3 is 15.4 Å². The van der Waals surface area contributed by atoms with Crippen LogP contribution in [0.5, 0.6) is 5.75 Å². The zero-order chi connectivity index (χ0) is 15.5. The molecule has 3 N–H and O–H groups in total. The van der Waals surface area contributed by atoms with Gasteiger partial charge in [-0.15, -0.1) is 0 Å². The van der Waals surface area contributed by atoms with Crippen molar-refractivity contribution >= 4 is 16.8 Å². The predicted molar refractivity (Wildman–Crippen MR) is 80.2 cm³/mol. The number of carbonyl (C=O) groups is 1. The summed E-state index contributed by atoms with van der Waals surface area (Å²) in [5, 5.41) is 13.2.